The van der Waals surface area contributed by atoms with Crippen molar-refractivity contribution < 1.29 is 18.9 Å². The predicted octanol–water partition coefficient (Wildman–Crippen LogP) is 12.6. The molecule has 1 aliphatic carbocycles. The first-order valence-corrected chi connectivity index (χ1v) is 20.2. The maximum Gasteiger partial charge on any atom is 0.126 e. The maximum absolute atomic E-state index is 6.62. The molecule has 8 heteroatoms. The van der Waals surface area contributed by atoms with E-state index in [1.165, 1.54) is 0 Å². The summed E-state index contributed by atoms with van der Waals surface area (Å²) in [6.07, 6.45) is 6.30. The zero-order valence-electron chi connectivity index (χ0n) is 28.2. The van der Waals surface area contributed by atoms with Crippen molar-refractivity contribution in [2.75, 3.05) is 26.4 Å². The molecular formula is C40H44Br4O4. The summed E-state index contributed by atoms with van der Waals surface area (Å²) in [6.45, 7) is 11.1. The summed E-state index contributed by atoms with van der Waals surface area (Å²) < 4.78 is 30.6. The number of hydrogen-bond acceptors (Lipinski definition) is 4. The molecule has 0 spiro atoms. The highest BCUT2D eigenvalue weighted by atomic mass is 79.9. The quantitative estimate of drug-likeness (QED) is 0.125. The van der Waals surface area contributed by atoms with Crippen LogP contribution in [0.2, 0.25) is 0 Å². The van der Waals surface area contributed by atoms with Gasteiger partial charge < -0.3 is 18.9 Å². The molecule has 4 nitrogen and oxygen atoms in total. The molecule has 48 heavy (non-hydrogen) atoms. The van der Waals surface area contributed by atoms with E-state index >= 15 is 0 Å². The second-order valence-corrected chi connectivity index (χ2v) is 16.0. The maximum atomic E-state index is 6.62. The average molecular weight is 908 g/mol. The monoisotopic (exact) mass is 904 g/mol. The molecule has 0 amide bonds. The molecular weight excluding hydrogens is 864 g/mol. The van der Waals surface area contributed by atoms with Crippen LogP contribution in [0.15, 0.2) is 66.4 Å². The normalized spacial score (nSPS) is 12.5. The summed E-state index contributed by atoms with van der Waals surface area (Å²) in [5.74, 6) is 3.73. The molecule has 0 saturated carbocycles. The summed E-state index contributed by atoms with van der Waals surface area (Å²) >= 11 is 15.4. The van der Waals surface area contributed by atoms with Crippen molar-refractivity contribution in [3.8, 4) is 23.0 Å². The molecule has 0 aromatic heterocycles. The molecule has 0 unspecified atom stereocenters. The highest BCUT2D eigenvalue weighted by Crippen LogP contribution is 2.42. The second kappa shape index (κ2) is 17.8. The summed E-state index contributed by atoms with van der Waals surface area (Å²) in [6, 6.07) is 17.6. The minimum absolute atomic E-state index is 0.636. The third-order valence-corrected chi connectivity index (χ3v) is 9.99. The smallest absolute Gasteiger partial charge is 0.126 e. The lowest BCUT2D eigenvalue weighted by molar-refractivity contribution is 0.304. The Morgan fingerprint density at radius 3 is 0.667 bits per heavy atom. The number of ether oxygens (including phenoxy) is 4. The largest absolute Gasteiger partial charge is 0.493 e. The molecule has 8 bridgehead atoms. The number of rotatable bonds is 12. The van der Waals surface area contributed by atoms with Crippen molar-refractivity contribution >= 4 is 63.7 Å². The molecule has 4 aromatic carbocycles. The first kappa shape index (κ1) is 37.3. The van der Waals surface area contributed by atoms with Crippen LogP contribution in [0.1, 0.15) is 97.9 Å². The van der Waals surface area contributed by atoms with Gasteiger partial charge in [0.2, 0.25) is 0 Å². The van der Waals surface area contributed by atoms with E-state index in [0.717, 1.165) is 111 Å². The van der Waals surface area contributed by atoms with Crippen molar-refractivity contribution in [3.05, 3.63) is 111 Å². The number of benzene rings is 4. The third kappa shape index (κ3) is 9.21. The van der Waals surface area contributed by atoms with Gasteiger partial charge in [0.05, 0.1) is 26.4 Å². The van der Waals surface area contributed by atoms with Crippen LogP contribution in [0.4, 0.5) is 0 Å². The molecule has 0 aliphatic heterocycles. The zero-order chi connectivity index (χ0) is 34.2. The first-order chi connectivity index (χ1) is 23.2. The summed E-state index contributed by atoms with van der Waals surface area (Å²) in [4.78, 5) is 0. The van der Waals surface area contributed by atoms with Crippen molar-refractivity contribution in [1.29, 1.82) is 0 Å². The Labute approximate surface area is 319 Å². The van der Waals surface area contributed by atoms with Gasteiger partial charge in [0.25, 0.3) is 0 Å². The molecule has 5 rings (SSSR count). The van der Waals surface area contributed by atoms with E-state index in [9.17, 15) is 0 Å². The van der Waals surface area contributed by atoms with Crippen LogP contribution >= 0.6 is 63.7 Å². The van der Waals surface area contributed by atoms with Gasteiger partial charge in [-0.25, -0.2) is 0 Å². The molecule has 256 valence electrons. The van der Waals surface area contributed by atoms with Gasteiger partial charge in [0, 0.05) is 88.1 Å². The topological polar surface area (TPSA) is 36.9 Å². The van der Waals surface area contributed by atoms with Crippen LogP contribution in [0, 0.1) is 0 Å². The zero-order valence-corrected chi connectivity index (χ0v) is 34.6. The van der Waals surface area contributed by atoms with Gasteiger partial charge in [-0.1, -0.05) is 91.4 Å². The Morgan fingerprint density at radius 2 is 0.521 bits per heavy atom. The molecule has 0 atom stereocenters. The summed E-state index contributed by atoms with van der Waals surface area (Å²) in [7, 11) is 0. The minimum Gasteiger partial charge on any atom is -0.493 e. The fourth-order valence-corrected chi connectivity index (χ4v) is 8.49. The van der Waals surface area contributed by atoms with E-state index in [2.05, 4.69) is 140 Å². The average Bonchev–Trinajstić information content (AvgIpc) is 3.03. The van der Waals surface area contributed by atoms with Gasteiger partial charge in [-0.05, 0) is 74.2 Å². The van der Waals surface area contributed by atoms with E-state index in [4.69, 9.17) is 18.9 Å². The van der Waals surface area contributed by atoms with Crippen molar-refractivity contribution in [2.45, 2.75) is 79.1 Å². The van der Waals surface area contributed by atoms with Gasteiger partial charge in [-0.2, -0.15) is 0 Å². The Morgan fingerprint density at radius 1 is 0.354 bits per heavy atom. The van der Waals surface area contributed by atoms with Gasteiger partial charge in [0.15, 0.2) is 0 Å². The van der Waals surface area contributed by atoms with Crippen molar-refractivity contribution in [2.24, 2.45) is 0 Å². The number of halogens is 4. The van der Waals surface area contributed by atoms with Gasteiger partial charge in [-0.15, -0.1) is 0 Å². The van der Waals surface area contributed by atoms with Crippen molar-refractivity contribution in [3.63, 3.8) is 0 Å². The molecule has 0 fully saturated rings. The van der Waals surface area contributed by atoms with Crippen LogP contribution in [-0.2, 0) is 25.7 Å². The molecule has 4 aromatic rings. The molecule has 0 N–H and O–H groups in total. The standard InChI is InChI=1S/C40H44Br4O4/c1-5-9-45-37-25-13-27-19-34(42)21-29(38(27)46-10-6-2)15-31-23-36(44)24-32(40(31)48-12-8-4)16-30-22-35(43)20-28(39(30)47-11-7-3)14-26(37)18-33(41)17-25/h17-24H,5-16H2,1-4H3. The lowest BCUT2D eigenvalue weighted by Gasteiger charge is -2.23. The van der Waals surface area contributed by atoms with Crippen LogP contribution < -0.4 is 18.9 Å². The predicted molar refractivity (Wildman–Crippen MR) is 211 cm³/mol. The third-order valence-electron chi connectivity index (χ3n) is 8.16. The second-order valence-electron chi connectivity index (χ2n) is 12.3. The fourth-order valence-electron chi connectivity index (χ4n) is 6.28. The van der Waals surface area contributed by atoms with Crippen LogP contribution in [-0.4, -0.2) is 26.4 Å². The summed E-state index contributed by atoms with van der Waals surface area (Å²) in [5.41, 5.74) is 8.95. The lowest BCUT2D eigenvalue weighted by Crippen LogP contribution is -2.10. The van der Waals surface area contributed by atoms with Gasteiger partial charge >= 0.3 is 0 Å². The highest BCUT2D eigenvalue weighted by Gasteiger charge is 2.24. The number of hydrogen-bond donors (Lipinski definition) is 0. The van der Waals surface area contributed by atoms with Crippen LogP contribution in [0.3, 0.4) is 0 Å². The highest BCUT2D eigenvalue weighted by molar-refractivity contribution is 9.11. The van der Waals surface area contributed by atoms with Gasteiger partial charge in [-0.3, -0.25) is 0 Å². The SMILES string of the molecule is CCCOc1c2cc(Br)cc1Cc1cc(Br)cc(c1OCCC)Cc1cc(Br)cc(c1OCCC)Cc1cc(Br)cc(c1OCCC)C2. The molecule has 0 radical (unpaired) electrons. The lowest BCUT2D eigenvalue weighted by atomic mass is 9.91. The Hall–Kier alpha value is -2.00. The Balaban J connectivity index is 1.83. The first-order valence-electron chi connectivity index (χ1n) is 17.0. The molecule has 0 saturated heterocycles. The Bertz CT molecular complexity index is 1390. The van der Waals surface area contributed by atoms with E-state index in [1.807, 2.05) is 0 Å². The van der Waals surface area contributed by atoms with E-state index < -0.39 is 0 Å². The minimum atomic E-state index is 0.636. The van der Waals surface area contributed by atoms with Crippen LogP contribution in [0.5, 0.6) is 23.0 Å². The van der Waals surface area contributed by atoms with Crippen LogP contribution in [0.25, 0.3) is 0 Å². The van der Waals surface area contributed by atoms with Crippen molar-refractivity contribution in [1.82, 2.24) is 0 Å². The van der Waals surface area contributed by atoms with E-state index in [0.29, 0.717) is 52.1 Å². The fraction of sp³-hybridized carbons (Fsp3) is 0.400. The Kier molecular flexibility index (Phi) is 13.8. The van der Waals surface area contributed by atoms with Gasteiger partial charge in [0.1, 0.15) is 23.0 Å². The number of fused-ring (bicyclic) bond motifs is 8. The van der Waals surface area contributed by atoms with E-state index in [1.54, 1.807) is 0 Å². The summed E-state index contributed by atoms with van der Waals surface area (Å²) in [5, 5.41) is 0. The molecule has 1 aliphatic rings. The van der Waals surface area contributed by atoms with E-state index in [-0.39, 0.29) is 0 Å². The molecule has 0 heterocycles.